The fraction of sp³-hybridized carbons (Fsp3) is 0.158. The van der Waals surface area contributed by atoms with E-state index in [0.29, 0.717) is 11.5 Å². The summed E-state index contributed by atoms with van der Waals surface area (Å²) in [6, 6.07) is 19.8. The van der Waals surface area contributed by atoms with Gasteiger partial charge < -0.3 is 0 Å². The number of benzene rings is 2. The standard InChI is InChI=1S/C19H18N2O2S/c1-14-18(19(22)21-23-13-16-10-6-3-7-11-16)24-17(20-14)12-15-8-4-2-5-9-15/h2-11H,12-13H2,1H3,(H,21,22). The van der Waals surface area contributed by atoms with E-state index in [2.05, 4.69) is 22.6 Å². The molecule has 0 radical (unpaired) electrons. The van der Waals surface area contributed by atoms with Gasteiger partial charge in [-0.25, -0.2) is 10.5 Å². The van der Waals surface area contributed by atoms with Gasteiger partial charge in [-0.1, -0.05) is 60.7 Å². The Morgan fingerprint density at radius 3 is 2.33 bits per heavy atom. The van der Waals surface area contributed by atoms with Gasteiger partial charge in [0.2, 0.25) is 0 Å². The van der Waals surface area contributed by atoms with Crippen molar-refractivity contribution >= 4 is 17.2 Å². The number of aryl methyl sites for hydroxylation is 1. The summed E-state index contributed by atoms with van der Waals surface area (Å²) in [7, 11) is 0. The average Bonchev–Trinajstić information content (AvgIpc) is 2.97. The van der Waals surface area contributed by atoms with Crippen molar-refractivity contribution in [2.75, 3.05) is 0 Å². The largest absolute Gasteiger partial charge is 0.286 e. The third-order valence-corrected chi connectivity index (χ3v) is 4.65. The number of amides is 1. The SMILES string of the molecule is Cc1nc(Cc2ccccc2)sc1C(=O)NOCc1ccccc1. The first kappa shape index (κ1) is 16.4. The summed E-state index contributed by atoms with van der Waals surface area (Å²) in [4.78, 5) is 22.6. The minimum absolute atomic E-state index is 0.250. The quantitative estimate of drug-likeness (QED) is 0.694. The van der Waals surface area contributed by atoms with Gasteiger partial charge in [0, 0.05) is 6.42 Å². The first-order valence-corrected chi connectivity index (χ1v) is 8.50. The van der Waals surface area contributed by atoms with E-state index < -0.39 is 0 Å². The minimum atomic E-state index is -0.250. The van der Waals surface area contributed by atoms with E-state index in [-0.39, 0.29) is 5.91 Å². The number of aromatic nitrogens is 1. The lowest BCUT2D eigenvalue weighted by atomic mass is 10.2. The Balaban J connectivity index is 1.59. The lowest BCUT2D eigenvalue weighted by Crippen LogP contribution is -2.23. The van der Waals surface area contributed by atoms with Crippen LogP contribution in [0, 0.1) is 6.92 Å². The van der Waals surface area contributed by atoms with Gasteiger partial charge in [0.05, 0.1) is 17.3 Å². The summed E-state index contributed by atoms with van der Waals surface area (Å²) in [5.41, 5.74) is 5.41. The highest BCUT2D eigenvalue weighted by atomic mass is 32.1. The maximum Gasteiger partial charge on any atom is 0.286 e. The van der Waals surface area contributed by atoms with Crippen LogP contribution in [-0.2, 0) is 17.9 Å². The normalized spacial score (nSPS) is 10.5. The van der Waals surface area contributed by atoms with Crippen molar-refractivity contribution < 1.29 is 9.63 Å². The molecule has 1 amide bonds. The number of nitrogens with zero attached hydrogens (tertiary/aromatic N) is 1. The van der Waals surface area contributed by atoms with Crippen LogP contribution in [0.3, 0.4) is 0 Å². The first-order chi connectivity index (χ1) is 11.7. The van der Waals surface area contributed by atoms with E-state index in [1.165, 1.54) is 16.9 Å². The molecule has 0 saturated heterocycles. The summed E-state index contributed by atoms with van der Waals surface area (Å²) >= 11 is 1.41. The van der Waals surface area contributed by atoms with Crippen molar-refractivity contribution in [3.05, 3.63) is 87.4 Å². The molecule has 0 atom stereocenters. The van der Waals surface area contributed by atoms with E-state index >= 15 is 0 Å². The van der Waals surface area contributed by atoms with Crippen LogP contribution in [0.4, 0.5) is 0 Å². The van der Waals surface area contributed by atoms with Gasteiger partial charge in [0.1, 0.15) is 4.88 Å². The zero-order chi connectivity index (χ0) is 16.8. The third kappa shape index (κ3) is 4.28. The van der Waals surface area contributed by atoms with Gasteiger partial charge in [-0.3, -0.25) is 9.63 Å². The second kappa shape index (κ2) is 7.86. The lowest BCUT2D eigenvalue weighted by Gasteiger charge is -2.04. The smallest absolute Gasteiger partial charge is 0.269 e. The number of carbonyl (C=O) groups is 1. The number of nitrogens with one attached hydrogen (secondary N) is 1. The first-order valence-electron chi connectivity index (χ1n) is 7.68. The van der Waals surface area contributed by atoms with Crippen LogP contribution in [0.25, 0.3) is 0 Å². The Hall–Kier alpha value is -2.50. The molecule has 1 N–H and O–H groups in total. The molecule has 0 saturated carbocycles. The van der Waals surface area contributed by atoms with Crippen molar-refractivity contribution in [3.8, 4) is 0 Å². The summed E-state index contributed by atoms with van der Waals surface area (Å²) in [5.74, 6) is -0.250. The monoisotopic (exact) mass is 338 g/mol. The van der Waals surface area contributed by atoms with Crippen LogP contribution in [0.2, 0.25) is 0 Å². The van der Waals surface area contributed by atoms with Crippen molar-refractivity contribution in [1.29, 1.82) is 0 Å². The summed E-state index contributed by atoms with van der Waals surface area (Å²) < 4.78 is 0. The molecule has 0 spiro atoms. The van der Waals surface area contributed by atoms with Crippen molar-refractivity contribution in [2.24, 2.45) is 0 Å². The maximum atomic E-state index is 12.3. The summed E-state index contributed by atoms with van der Waals surface area (Å²) in [5, 5.41) is 0.923. The number of hydroxylamine groups is 1. The molecule has 122 valence electrons. The Bertz CT molecular complexity index is 801. The fourth-order valence-corrected chi connectivity index (χ4v) is 3.30. The number of carbonyl (C=O) groups excluding carboxylic acids is 1. The topological polar surface area (TPSA) is 51.2 Å². The second-order valence-electron chi connectivity index (χ2n) is 5.39. The second-order valence-corrected chi connectivity index (χ2v) is 6.47. The van der Waals surface area contributed by atoms with Crippen molar-refractivity contribution in [3.63, 3.8) is 0 Å². The Labute approximate surface area is 145 Å². The Morgan fingerprint density at radius 1 is 1.04 bits per heavy atom. The van der Waals surface area contributed by atoms with Gasteiger partial charge in [-0.05, 0) is 18.1 Å². The molecular weight excluding hydrogens is 320 g/mol. The molecule has 0 bridgehead atoms. The van der Waals surface area contributed by atoms with Gasteiger partial charge in [-0.15, -0.1) is 11.3 Å². The molecule has 1 heterocycles. The number of rotatable bonds is 6. The van der Waals surface area contributed by atoms with E-state index in [1.807, 2.05) is 55.5 Å². The minimum Gasteiger partial charge on any atom is -0.269 e. The molecule has 0 aliphatic carbocycles. The molecule has 5 heteroatoms. The van der Waals surface area contributed by atoms with Crippen molar-refractivity contribution in [1.82, 2.24) is 10.5 Å². The highest BCUT2D eigenvalue weighted by molar-refractivity contribution is 7.13. The predicted octanol–water partition coefficient (Wildman–Crippen LogP) is 3.90. The molecule has 24 heavy (non-hydrogen) atoms. The number of thiazole rings is 1. The summed E-state index contributed by atoms with van der Waals surface area (Å²) in [6.45, 7) is 2.18. The third-order valence-electron chi connectivity index (χ3n) is 3.49. The van der Waals surface area contributed by atoms with Crippen LogP contribution in [0.15, 0.2) is 60.7 Å². The highest BCUT2D eigenvalue weighted by Crippen LogP contribution is 2.20. The molecule has 3 rings (SSSR count). The molecule has 0 fully saturated rings. The highest BCUT2D eigenvalue weighted by Gasteiger charge is 2.15. The van der Waals surface area contributed by atoms with Gasteiger partial charge >= 0.3 is 0 Å². The van der Waals surface area contributed by atoms with Crippen LogP contribution in [-0.4, -0.2) is 10.9 Å². The predicted molar refractivity (Wildman–Crippen MR) is 94.8 cm³/mol. The van der Waals surface area contributed by atoms with Gasteiger partial charge in [0.15, 0.2) is 0 Å². The Morgan fingerprint density at radius 2 is 1.67 bits per heavy atom. The zero-order valence-electron chi connectivity index (χ0n) is 13.4. The van der Waals surface area contributed by atoms with Crippen LogP contribution < -0.4 is 5.48 Å². The van der Waals surface area contributed by atoms with Crippen LogP contribution in [0.1, 0.15) is 31.5 Å². The molecular formula is C19H18N2O2S. The number of hydrogen-bond acceptors (Lipinski definition) is 4. The van der Waals surface area contributed by atoms with Crippen LogP contribution in [0.5, 0.6) is 0 Å². The molecule has 0 unspecified atom stereocenters. The number of hydrogen-bond donors (Lipinski definition) is 1. The van der Waals surface area contributed by atoms with Gasteiger partial charge in [0.25, 0.3) is 5.91 Å². The molecule has 1 aromatic heterocycles. The average molecular weight is 338 g/mol. The lowest BCUT2D eigenvalue weighted by molar-refractivity contribution is 0.0236. The zero-order valence-corrected chi connectivity index (χ0v) is 14.2. The van der Waals surface area contributed by atoms with E-state index in [0.717, 1.165) is 22.7 Å². The van der Waals surface area contributed by atoms with E-state index in [9.17, 15) is 4.79 Å². The molecule has 0 aliphatic heterocycles. The molecule has 3 aromatic rings. The fourth-order valence-electron chi connectivity index (χ4n) is 2.31. The van der Waals surface area contributed by atoms with E-state index in [1.54, 1.807) is 0 Å². The van der Waals surface area contributed by atoms with Gasteiger partial charge in [-0.2, -0.15) is 0 Å². The van der Waals surface area contributed by atoms with Crippen molar-refractivity contribution in [2.45, 2.75) is 20.0 Å². The molecule has 2 aromatic carbocycles. The molecule has 4 nitrogen and oxygen atoms in total. The summed E-state index contributed by atoms with van der Waals surface area (Å²) in [6.07, 6.45) is 0.727. The maximum absolute atomic E-state index is 12.3. The van der Waals surface area contributed by atoms with E-state index in [4.69, 9.17) is 4.84 Å². The van der Waals surface area contributed by atoms with Crippen LogP contribution >= 0.6 is 11.3 Å². The Kier molecular flexibility index (Phi) is 5.36. The molecule has 0 aliphatic rings.